The quantitative estimate of drug-likeness (QED) is 0.813. The SMILES string of the molecule is COC(=O)[C@H]1CCCN(Cc2cccc3cccnc23)C1. The normalized spacial score (nSPS) is 19.6. The van der Waals surface area contributed by atoms with Crippen LogP contribution in [0.4, 0.5) is 0 Å². The Morgan fingerprint density at radius 3 is 3.10 bits per heavy atom. The van der Waals surface area contributed by atoms with E-state index >= 15 is 0 Å². The Hall–Kier alpha value is -1.94. The molecule has 2 heterocycles. The highest BCUT2D eigenvalue weighted by molar-refractivity contribution is 5.81. The summed E-state index contributed by atoms with van der Waals surface area (Å²) in [6.07, 6.45) is 3.80. The molecule has 1 saturated heterocycles. The van der Waals surface area contributed by atoms with Crippen LogP contribution in [0.1, 0.15) is 18.4 Å². The summed E-state index contributed by atoms with van der Waals surface area (Å²) in [6, 6.07) is 10.3. The molecule has 0 saturated carbocycles. The zero-order chi connectivity index (χ0) is 14.7. The molecule has 1 aliphatic rings. The summed E-state index contributed by atoms with van der Waals surface area (Å²) in [5.41, 5.74) is 2.28. The minimum atomic E-state index is -0.0873. The number of carbonyl (C=O) groups excluding carboxylic acids is 1. The predicted molar refractivity (Wildman–Crippen MR) is 81.8 cm³/mol. The number of methoxy groups -OCH3 is 1. The van der Waals surface area contributed by atoms with Crippen molar-refractivity contribution >= 4 is 16.9 Å². The number of aromatic nitrogens is 1. The molecule has 0 aliphatic carbocycles. The lowest BCUT2D eigenvalue weighted by Crippen LogP contribution is -2.38. The molecule has 0 amide bonds. The summed E-state index contributed by atoms with van der Waals surface area (Å²) in [5, 5.41) is 1.16. The van der Waals surface area contributed by atoms with Crippen molar-refractivity contribution in [2.45, 2.75) is 19.4 Å². The van der Waals surface area contributed by atoms with Gasteiger partial charge in [-0.15, -0.1) is 0 Å². The van der Waals surface area contributed by atoms with E-state index in [1.165, 1.54) is 12.7 Å². The zero-order valence-corrected chi connectivity index (χ0v) is 12.3. The number of fused-ring (bicyclic) bond motifs is 1. The lowest BCUT2D eigenvalue weighted by Gasteiger charge is -2.31. The summed E-state index contributed by atoms with van der Waals surface area (Å²) < 4.78 is 4.88. The third kappa shape index (κ3) is 3.05. The molecule has 0 bridgehead atoms. The van der Waals surface area contributed by atoms with Crippen molar-refractivity contribution in [2.24, 2.45) is 5.92 Å². The minimum absolute atomic E-state index is 0.00619. The predicted octanol–water partition coefficient (Wildman–Crippen LogP) is 2.62. The van der Waals surface area contributed by atoms with Crippen LogP contribution in [0.2, 0.25) is 0 Å². The molecule has 1 fully saturated rings. The molecule has 1 aromatic carbocycles. The molecule has 21 heavy (non-hydrogen) atoms. The van der Waals surface area contributed by atoms with Crippen molar-refractivity contribution in [1.82, 2.24) is 9.88 Å². The number of nitrogens with zero attached hydrogens (tertiary/aromatic N) is 2. The van der Waals surface area contributed by atoms with Gasteiger partial charge in [0.05, 0.1) is 18.5 Å². The van der Waals surface area contributed by atoms with Crippen molar-refractivity contribution in [2.75, 3.05) is 20.2 Å². The summed E-state index contributed by atoms with van der Waals surface area (Å²) in [5.74, 6) is -0.0811. The lowest BCUT2D eigenvalue weighted by molar-refractivity contribution is -0.147. The van der Waals surface area contributed by atoms with Gasteiger partial charge in [-0.3, -0.25) is 14.7 Å². The molecule has 4 nitrogen and oxygen atoms in total. The molecule has 0 spiro atoms. The van der Waals surface area contributed by atoms with Crippen LogP contribution in [0, 0.1) is 5.92 Å². The average molecular weight is 284 g/mol. The molecule has 0 radical (unpaired) electrons. The molecule has 110 valence electrons. The second-order valence-corrected chi connectivity index (χ2v) is 5.59. The minimum Gasteiger partial charge on any atom is -0.469 e. The number of para-hydroxylation sites is 1. The molecule has 0 N–H and O–H groups in total. The Kier molecular flexibility index (Phi) is 4.15. The molecule has 1 atom stereocenters. The average Bonchev–Trinajstić information content (AvgIpc) is 2.55. The van der Waals surface area contributed by atoms with Gasteiger partial charge in [-0.2, -0.15) is 0 Å². The van der Waals surface area contributed by atoms with E-state index in [0.29, 0.717) is 0 Å². The Morgan fingerprint density at radius 1 is 1.38 bits per heavy atom. The van der Waals surface area contributed by atoms with E-state index in [-0.39, 0.29) is 11.9 Å². The Balaban J connectivity index is 1.77. The molecule has 0 unspecified atom stereocenters. The van der Waals surface area contributed by atoms with Crippen LogP contribution < -0.4 is 0 Å². The van der Waals surface area contributed by atoms with E-state index in [9.17, 15) is 4.79 Å². The largest absolute Gasteiger partial charge is 0.469 e. The number of ether oxygens (including phenoxy) is 1. The second kappa shape index (κ2) is 6.22. The van der Waals surface area contributed by atoms with Gasteiger partial charge in [-0.05, 0) is 31.0 Å². The summed E-state index contributed by atoms with van der Waals surface area (Å²) in [7, 11) is 1.47. The van der Waals surface area contributed by atoms with Crippen LogP contribution in [-0.4, -0.2) is 36.1 Å². The third-order valence-corrected chi connectivity index (χ3v) is 4.15. The first kappa shape index (κ1) is 14.0. The highest BCUT2D eigenvalue weighted by atomic mass is 16.5. The maximum atomic E-state index is 11.7. The fourth-order valence-electron chi connectivity index (χ4n) is 3.09. The van der Waals surface area contributed by atoms with Gasteiger partial charge < -0.3 is 4.74 Å². The Morgan fingerprint density at radius 2 is 2.24 bits per heavy atom. The summed E-state index contributed by atoms with van der Waals surface area (Å²) in [6.45, 7) is 2.63. The second-order valence-electron chi connectivity index (χ2n) is 5.59. The highest BCUT2D eigenvalue weighted by Crippen LogP contribution is 2.22. The van der Waals surface area contributed by atoms with Crippen molar-refractivity contribution in [1.29, 1.82) is 0 Å². The third-order valence-electron chi connectivity index (χ3n) is 4.15. The number of hydrogen-bond acceptors (Lipinski definition) is 4. The first-order chi connectivity index (χ1) is 10.3. The van der Waals surface area contributed by atoms with Crippen LogP contribution in [-0.2, 0) is 16.1 Å². The van der Waals surface area contributed by atoms with Gasteiger partial charge in [0, 0.05) is 24.7 Å². The van der Waals surface area contributed by atoms with Gasteiger partial charge in [0.15, 0.2) is 0 Å². The fourth-order valence-corrected chi connectivity index (χ4v) is 3.09. The van der Waals surface area contributed by atoms with Gasteiger partial charge in [0.2, 0.25) is 0 Å². The molecule has 3 rings (SSSR count). The Bertz CT molecular complexity index is 636. The van der Waals surface area contributed by atoms with Crippen molar-refractivity contribution < 1.29 is 9.53 Å². The number of benzene rings is 1. The maximum absolute atomic E-state index is 11.7. The standard InChI is InChI=1S/C17H20N2O2/c1-21-17(20)15-8-4-10-19(12-15)11-14-6-2-5-13-7-3-9-18-16(13)14/h2-3,5-7,9,15H,4,8,10-12H2,1H3/t15-/m0/s1. The zero-order valence-electron chi connectivity index (χ0n) is 12.3. The molecule has 4 heteroatoms. The van der Waals surface area contributed by atoms with E-state index in [0.717, 1.165) is 43.4 Å². The molecule has 1 aromatic heterocycles. The smallest absolute Gasteiger partial charge is 0.309 e. The maximum Gasteiger partial charge on any atom is 0.309 e. The van der Waals surface area contributed by atoms with Crippen LogP contribution >= 0.6 is 0 Å². The molecule has 2 aromatic rings. The van der Waals surface area contributed by atoms with Crippen LogP contribution in [0.5, 0.6) is 0 Å². The van der Waals surface area contributed by atoms with Crippen LogP contribution in [0.3, 0.4) is 0 Å². The number of pyridine rings is 1. The van der Waals surface area contributed by atoms with E-state index in [1.807, 2.05) is 12.3 Å². The first-order valence-corrected chi connectivity index (χ1v) is 7.41. The topological polar surface area (TPSA) is 42.4 Å². The van der Waals surface area contributed by atoms with Gasteiger partial charge >= 0.3 is 5.97 Å². The highest BCUT2D eigenvalue weighted by Gasteiger charge is 2.26. The molecular weight excluding hydrogens is 264 g/mol. The summed E-state index contributed by atoms with van der Waals surface area (Å²) in [4.78, 5) is 18.5. The van der Waals surface area contributed by atoms with Crippen LogP contribution in [0.15, 0.2) is 36.5 Å². The lowest BCUT2D eigenvalue weighted by atomic mass is 9.97. The number of piperidine rings is 1. The number of likely N-dealkylation sites (tertiary alicyclic amines) is 1. The molecular formula is C17H20N2O2. The summed E-state index contributed by atoms with van der Waals surface area (Å²) >= 11 is 0. The van der Waals surface area contributed by atoms with Crippen LogP contribution in [0.25, 0.3) is 10.9 Å². The van der Waals surface area contributed by atoms with E-state index in [4.69, 9.17) is 4.74 Å². The van der Waals surface area contributed by atoms with Crippen molar-refractivity contribution in [3.05, 3.63) is 42.1 Å². The number of esters is 1. The van der Waals surface area contributed by atoms with Gasteiger partial charge in [0.1, 0.15) is 0 Å². The monoisotopic (exact) mass is 284 g/mol. The molecule has 1 aliphatic heterocycles. The van der Waals surface area contributed by atoms with E-state index < -0.39 is 0 Å². The van der Waals surface area contributed by atoms with E-state index in [2.05, 4.69) is 34.1 Å². The Labute approximate surface area is 124 Å². The van der Waals surface area contributed by atoms with Gasteiger partial charge in [-0.25, -0.2) is 0 Å². The van der Waals surface area contributed by atoms with E-state index in [1.54, 1.807) is 0 Å². The fraction of sp³-hybridized carbons (Fsp3) is 0.412. The number of hydrogen-bond donors (Lipinski definition) is 0. The van der Waals surface area contributed by atoms with Crippen molar-refractivity contribution in [3.63, 3.8) is 0 Å². The van der Waals surface area contributed by atoms with Gasteiger partial charge in [-0.1, -0.05) is 24.3 Å². The number of carbonyl (C=O) groups is 1. The van der Waals surface area contributed by atoms with Gasteiger partial charge in [0.25, 0.3) is 0 Å². The number of rotatable bonds is 3. The first-order valence-electron chi connectivity index (χ1n) is 7.41. The van der Waals surface area contributed by atoms with Crippen molar-refractivity contribution in [3.8, 4) is 0 Å².